The number of nitrogens with zero attached hydrogens (tertiary/aromatic N) is 2. The number of pyridine rings is 1. The molecule has 0 fully saturated rings. The molecule has 3 aromatic rings. The first-order valence-corrected chi connectivity index (χ1v) is 11.6. The fourth-order valence-corrected chi connectivity index (χ4v) is 3.88. The first kappa shape index (κ1) is 26.5. The predicted molar refractivity (Wildman–Crippen MR) is 134 cm³/mol. The Kier molecular flexibility index (Phi) is 8.11. The number of nitrogens with one attached hydrogen (secondary N) is 1. The van der Waals surface area contributed by atoms with Gasteiger partial charge in [-0.05, 0) is 40.7 Å². The van der Waals surface area contributed by atoms with Crippen molar-refractivity contribution in [1.29, 1.82) is 0 Å². The fraction of sp³-hybridized carbons (Fsp3) is 0.333. The zero-order valence-electron chi connectivity index (χ0n) is 20.2. The van der Waals surface area contributed by atoms with Gasteiger partial charge in [-0.2, -0.15) is 13.2 Å². The molecule has 8 heteroatoms. The number of hydrogen-bond donors (Lipinski definition) is 1. The third-order valence-electron chi connectivity index (χ3n) is 5.73. The third kappa shape index (κ3) is 6.98. The van der Waals surface area contributed by atoms with Crippen LogP contribution < -0.4 is 5.32 Å². The summed E-state index contributed by atoms with van der Waals surface area (Å²) < 4.78 is 39.5. The molecule has 0 spiro atoms. The van der Waals surface area contributed by atoms with Crippen LogP contribution in [0.1, 0.15) is 53.4 Å². The number of carbonyl (C=O) groups is 1. The van der Waals surface area contributed by atoms with Gasteiger partial charge in [0.1, 0.15) is 5.82 Å². The average molecular weight is 504 g/mol. The van der Waals surface area contributed by atoms with Crippen molar-refractivity contribution in [1.82, 2.24) is 9.88 Å². The highest BCUT2D eigenvalue weighted by atomic mass is 35.5. The molecule has 1 amide bonds. The lowest BCUT2D eigenvalue weighted by Crippen LogP contribution is -2.33. The summed E-state index contributed by atoms with van der Waals surface area (Å²) >= 11 is 6.11. The monoisotopic (exact) mass is 503 g/mol. The van der Waals surface area contributed by atoms with E-state index in [1.807, 2.05) is 24.3 Å². The number of carbonyl (C=O) groups excluding carboxylic acids is 1. The number of aromatic nitrogens is 1. The van der Waals surface area contributed by atoms with Crippen LogP contribution in [0.25, 0.3) is 0 Å². The molecule has 4 nitrogen and oxygen atoms in total. The van der Waals surface area contributed by atoms with Gasteiger partial charge >= 0.3 is 6.18 Å². The van der Waals surface area contributed by atoms with E-state index in [4.69, 9.17) is 11.6 Å². The van der Waals surface area contributed by atoms with Crippen molar-refractivity contribution >= 4 is 23.3 Å². The van der Waals surface area contributed by atoms with Crippen molar-refractivity contribution in [3.8, 4) is 0 Å². The normalized spacial score (nSPS) is 11.9. The second-order valence-corrected chi connectivity index (χ2v) is 9.86. The number of rotatable bonds is 7. The Morgan fingerprint density at radius 3 is 2.29 bits per heavy atom. The van der Waals surface area contributed by atoms with Crippen LogP contribution in [0.3, 0.4) is 0 Å². The second kappa shape index (κ2) is 10.7. The maximum atomic E-state index is 13.6. The highest BCUT2D eigenvalue weighted by Gasteiger charge is 2.30. The highest BCUT2D eigenvalue weighted by molar-refractivity contribution is 6.31. The average Bonchev–Trinajstić information content (AvgIpc) is 2.80. The Balaban J connectivity index is 1.90. The molecular weight excluding hydrogens is 475 g/mol. The Bertz CT molecular complexity index is 1170. The van der Waals surface area contributed by atoms with Crippen LogP contribution in [0.5, 0.6) is 0 Å². The minimum atomic E-state index is -4.42. The summed E-state index contributed by atoms with van der Waals surface area (Å²) in [6.45, 7) is 6.88. The summed E-state index contributed by atoms with van der Waals surface area (Å²) in [5, 5.41) is 3.22. The standard InChI is InChI=1S/C27H29ClF3N3O/c1-26(2,3)20-10-8-19(9-11-20)17-34(25(35)23-15-22(28)16-33-24(23)32-4)13-12-18-6-5-7-21(14-18)27(29,30)31/h5-11,14-16H,12-13,17H2,1-4H3,(H,32,33). The molecule has 0 radical (unpaired) electrons. The van der Waals surface area contributed by atoms with E-state index in [-0.39, 0.29) is 30.8 Å². The van der Waals surface area contributed by atoms with Crippen LogP contribution in [-0.2, 0) is 24.6 Å². The lowest BCUT2D eigenvalue weighted by Gasteiger charge is -2.25. The second-order valence-electron chi connectivity index (χ2n) is 9.42. The minimum Gasteiger partial charge on any atom is -0.372 e. The maximum Gasteiger partial charge on any atom is 0.416 e. The van der Waals surface area contributed by atoms with E-state index >= 15 is 0 Å². The largest absolute Gasteiger partial charge is 0.416 e. The molecule has 0 aliphatic heterocycles. The first-order valence-electron chi connectivity index (χ1n) is 11.3. The van der Waals surface area contributed by atoms with Gasteiger partial charge in [-0.1, -0.05) is 74.8 Å². The van der Waals surface area contributed by atoms with Crippen LogP contribution in [0.2, 0.25) is 5.02 Å². The van der Waals surface area contributed by atoms with Crippen LogP contribution in [0.15, 0.2) is 60.8 Å². The zero-order chi connectivity index (χ0) is 25.8. The Labute approximate surface area is 209 Å². The molecular formula is C27H29ClF3N3O. The molecule has 0 saturated heterocycles. The molecule has 0 unspecified atom stereocenters. The van der Waals surface area contributed by atoms with E-state index in [1.165, 1.54) is 17.8 Å². The molecule has 2 aromatic carbocycles. The summed E-state index contributed by atoms with van der Waals surface area (Å²) in [6, 6.07) is 14.7. The predicted octanol–water partition coefficient (Wildman–Crippen LogP) is 6.98. The van der Waals surface area contributed by atoms with Gasteiger partial charge in [0, 0.05) is 26.3 Å². The molecule has 0 bridgehead atoms. The van der Waals surface area contributed by atoms with Crippen LogP contribution in [-0.4, -0.2) is 29.4 Å². The number of hydrogen-bond acceptors (Lipinski definition) is 3. The minimum absolute atomic E-state index is 0.00824. The number of alkyl halides is 3. The SMILES string of the molecule is CNc1ncc(Cl)cc1C(=O)N(CCc1cccc(C(F)(F)F)c1)Cc1ccc(C(C)(C)C)cc1. The van der Waals surface area contributed by atoms with E-state index < -0.39 is 11.7 Å². The highest BCUT2D eigenvalue weighted by Crippen LogP contribution is 2.30. The molecule has 0 aliphatic rings. The number of benzene rings is 2. The summed E-state index contributed by atoms with van der Waals surface area (Å²) in [5.41, 5.74) is 2.17. The van der Waals surface area contributed by atoms with E-state index in [2.05, 4.69) is 31.1 Å². The van der Waals surface area contributed by atoms with Gasteiger partial charge in [0.15, 0.2) is 0 Å². The summed E-state index contributed by atoms with van der Waals surface area (Å²) in [4.78, 5) is 19.4. The summed E-state index contributed by atoms with van der Waals surface area (Å²) in [6.07, 6.45) is -2.71. The molecule has 0 saturated carbocycles. The van der Waals surface area contributed by atoms with E-state index in [0.717, 1.165) is 17.7 Å². The lowest BCUT2D eigenvalue weighted by molar-refractivity contribution is -0.137. The molecule has 186 valence electrons. The van der Waals surface area contributed by atoms with Crippen molar-refractivity contribution < 1.29 is 18.0 Å². The van der Waals surface area contributed by atoms with Gasteiger partial charge in [-0.3, -0.25) is 4.79 Å². The molecule has 1 N–H and O–H groups in total. The first-order chi connectivity index (χ1) is 16.4. The molecule has 1 heterocycles. The smallest absolute Gasteiger partial charge is 0.372 e. The van der Waals surface area contributed by atoms with Gasteiger partial charge in [0.05, 0.1) is 16.1 Å². The quantitative estimate of drug-likeness (QED) is 0.378. The van der Waals surface area contributed by atoms with E-state index in [0.29, 0.717) is 22.0 Å². The molecule has 35 heavy (non-hydrogen) atoms. The Morgan fingerprint density at radius 2 is 1.69 bits per heavy atom. The molecule has 0 atom stereocenters. The van der Waals surface area contributed by atoms with Gasteiger partial charge < -0.3 is 10.2 Å². The van der Waals surface area contributed by atoms with Crippen molar-refractivity contribution in [2.45, 2.75) is 45.3 Å². The van der Waals surface area contributed by atoms with Crippen molar-refractivity contribution in [2.24, 2.45) is 0 Å². The van der Waals surface area contributed by atoms with Crippen molar-refractivity contribution in [3.05, 3.63) is 93.6 Å². The fourth-order valence-electron chi connectivity index (χ4n) is 3.72. The van der Waals surface area contributed by atoms with Crippen molar-refractivity contribution in [2.75, 3.05) is 18.9 Å². The summed E-state index contributed by atoms with van der Waals surface area (Å²) in [7, 11) is 1.66. The van der Waals surface area contributed by atoms with Crippen LogP contribution in [0.4, 0.5) is 19.0 Å². The number of anilines is 1. The van der Waals surface area contributed by atoms with Crippen LogP contribution >= 0.6 is 11.6 Å². The van der Waals surface area contributed by atoms with Crippen LogP contribution in [0, 0.1) is 0 Å². The van der Waals surface area contributed by atoms with Gasteiger partial charge in [0.25, 0.3) is 5.91 Å². The zero-order valence-corrected chi connectivity index (χ0v) is 21.0. The van der Waals surface area contributed by atoms with Gasteiger partial charge in [0.2, 0.25) is 0 Å². The lowest BCUT2D eigenvalue weighted by atomic mass is 9.87. The summed E-state index contributed by atoms with van der Waals surface area (Å²) in [5.74, 6) is 0.0720. The number of amides is 1. The molecule has 0 aliphatic carbocycles. The van der Waals surface area contributed by atoms with Gasteiger partial charge in [-0.15, -0.1) is 0 Å². The molecule has 3 rings (SSSR count). The third-order valence-corrected chi connectivity index (χ3v) is 5.93. The topological polar surface area (TPSA) is 45.2 Å². The van der Waals surface area contributed by atoms with E-state index in [1.54, 1.807) is 24.1 Å². The Morgan fingerprint density at radius 1 is 1.00 bits per heavy atom. The Hall–Kier alpha value is -3.06. The van der Waals surface area contributed by atoms with E-state index in [9.17, 15) is 18.0 Å². The molecule has 1 aromatic heterocycles. The van der Waals surface area contributed by atoms with Gasteiger partial charge in [-0.25, -0.2) is 4.98 Å². The maximum absolute atomic E-state index is 13.6. The van der Waals surface area contributed by atoms with Crippen molar-refractivity contribution in [3.63, 3.8) is 0 Å². The number of halogens is 4.